The molecule has 1 heterocycles. The number of rotatable bonds is 5. The van der Waals surface area contributed by atoms with Crippen molar-refractivity contribution in [2.75, 3.05) is 10.6 Å². The van der Waals surface area contributed by atoms with Crippen LogP contribution in [-0.2, 0) is 6.42 Å². The summed E-state index contributed by atoms with van der Waals surface area (Å²) in [5, 5.41) is 6.38. The minimum atomic E-state index is -0.340. The molecule has 5 nitrogen and oxygen atoms in total. The maximum Gasteiger partial charge on any atom is 0.274 e. The summed E-state index contributed by atoms with van der Waals surface area (Å²) in [6, 6.07) is 16.7. The van der Waals surface area contributed by atoms with E-state index in [0.717, 1.165) is 12.1 Å². The van der Waals surface area contributed by atoms with Gasteiger partial charge in [-0.25, -0.2) is 9.97 Å². The second-order valence-electron chi connectivity index (χ2n) is 5.83. The van der Waals surface area contributed by atoms with Gasteiger partial charge in [0.1, 0.15) is 5.69 Å². The summed E-state index contributed by atoms with van der Waals surface area (Å²) in [4.78, 5) is 21.2. The lowest BCUT2D eigenvalue weighted by atomic mass is 10.1. The molecule has 3 aromatic rings. The minimum absolute atomic E-state index is 0.269. The molecule has 1 aromatic heterocycles. The zero-order valence-electron chi connectivity index (χ0n) is 14.6. The molecule has 2 aromatic carbocycles. The Morgan fingerprint density at radius 3 is 2.50 bits per heavy atom. The summed E-state index contributed by atoms with van der Waals surface area (Å²) in [7, 11) is 0. The molecular formula is C20H19ClN4O. The third-order valence-corrected chi connectivity index (χ3v) is 4.16. The number of carbonyl (C=O) groups excluding carboxylic acids is 1. The molecule has 6 heteroatoms. The molecule has 1 amide bonds. The molecule has 0 saturated heterocycles. The van der Waals surface area contributed by atoms with Crippen molar-refractivity contribution in [1.82, 2.24) is 9.97 Å². The number of anilines is 3. The fraction of sp³-hybridized carbons (Fsp3) is 0.150. The van der Waals surface area contributed by atoms with Crippen molar-refractivity contribution in [3.63, 3.8) is 0 Å². The number of hydrogen-bond acceptors (Lipinski definition) is 4. The summed E-state index contributed by atoms with van der Waals surface area (Å²) in [6.07, 6.45) is 0.980. The monoisotopic (exact) mass is 366 g/mol. The lowest BCUT2D eigenvalue weighted by Gasteiger charge is -2.10. The van der Waals surface area contributed by atoms with Crippen LogP contribution in [0, 0.1) is 6.92 Å². The smallest absolute Gasteiger partial charge is 0.274 e. The lowest BCUT2D eigenvalue weighted by molar-refractivity contribution is 0.102. The highest BCUT2D eigenvalue weighted by atomic mass is 35.5. The number of para-hydroxylation sites is 1. The topological polar surface area (TPSA) is 66.9 Å². The molecule has 0 radical (unpaired) electrons. The van der Waals surface area contributed by atoms with E-state index in [-0.39, 0.29) is 11.6 Å². The molecule has 0 aliphatic heterocycles. The molecule has 26 heavy (non-hydrogen) atoms. The van der Waals surface area contributed by atoms with E-state index in [9.17, 15) is 4.79 Å². The maximum absolute atomic E-state index is 12.5. The average molecular weight is 367 g/mol. The van der Waals surface area contributed by atoms with Gasteiger partial charge in [-0.2, -0.15) is 0 Å². The summed E-state index contributed by atoms with van der Waals surface area (Å²) in [6.45, 7) is 3.93. The van der Waals surface area contributed by atoms with Gasteiger partial charge in [0, 0.05) is 11.4 Å². The molecule has 3 rings (SSSR count). The van der Waals surface area contributed by atoms with Crippen molar-refractivity contribution in [1.29, 1.82) is 0 Å². The maximum atomic E-state index is 12.5. The van der Waals surface area contributed by atoms with Gasteiger partial charge < -0.3 is 10.6 Å². The Hall–Kier alpha value is -2.92. The average Bonchev–Trinajstić information content (AvgIpc) is 2.64. The second kappa shape index (κ2) is 7.97. The van der Waals surface area contributed by atoms with Gasteiger partial charge >= 0.3 is 0 Å². The largest absolute Gasteiger partial charge is 0.324 e. The van der Waals surface area contributed by atoms with Gasteiger partial charge in [-0.15, -0.1) is 0 Å². The van der Waals surface area contributed by atoms with E-state index in [1.54, 1.807) is 30.3 Å². The summed E-state index contributed by atoms with van der Waals surface area (Å²) in [5.74, 6) is 0.0338. The van der Waals surface area contributed by atoms with Gasteiger partial charge in [0.15, 0.2) is 0 Å². The summed E-state index contributed by atoms with van der Waals surface area (Å²) >= 11 is 6.09. The van der Waals surface area contributed by atoms with E-state index in [1.807, 2.05) is 31.2 Å². The quantitative estimate of drug-likeness (QED) is 0.667. The van der Waals surface area contributed by atoms with Crippen molar-refractivity contribution >= 4 is 34.8 Å². The molecule has 0 saturated carbocycles. The number of hydrogen-bond donors (Lipinski definition) is 2. The molecule has 132 valence electrons. The number of carbonyl (C=O) groups is 1. The molecule has 0 fully saturated rings. The Bertz CT molecular complexity index is 925. The van der Waals surface area contributed by atoms with Gasteiger partial charge in [0.05, 0.1) is 10.7 Å². The van der Waals surface area contributed by atoms with E-state index < -0.39 is 0 Å². The molecule has 0 atom stereocenters. The zero-order valence-corrected chi connectivity index (χ0v) is 15.3. The van der Waals surface area contributed by atoms with Crippen LogP contribution in [0.15, 0.2) is 54.6 Å². The number of amides is 1. The van der Waals surface area contributed by atoms with E-state index in [4.69, 9.17) is 11.6 Å². The summed E-state index contributed by atoms with van der Waals surface area (Å²) < 4.78 is 0. The standard InChI is InChI=1S/C20H19ClN4O/c1-3-14-8-10-15(11-9-14)23-20-22-13(2)12-18(25-20)19(26)24-17-7-5-4-6-16(17)21/h4-12H,3H2,1-2H3,(H,24,26)(H,22,23,25). The van der Waals surface area contributed by atoms with Crippen LogP contribution in [0.25, 0.3) is 0 Å². The minimum Gasteiger partial charge on any atom is -0.324 e. The first-order chi connectivity index (χ1) is 12.5. The van der Waals surface area contributed by atoms with E-state index >= 15 is 0 Å². The third kappa shape index (κ3) is 4.37. The van der Waals surface area contributed by atoms with Crippen molar-refractivity contribution in [2.24, 2.45) is 0 Å². The first-order valence-electron chi connectivity index (χ1n) is 8.32. The lowest BCUT2D eigenvalue weighted by Crippen LogP contribution is -2.15. The zero-order chi connectivity index (χ0) is 18.5. The van der Waals surface area contributed by atoms with Crippen molar-refractivity contribution in [2.45, 2.75) is 20.3 Å². The van der Waals surface area contributed by atoms with Crippen molar-refractivity contribution in [3.8, 4) is 0 Å². The fourth-order valence-electron chi connectivity index (χ4n) is 2.44. The number of nitrogens with one attached hydrogen (secondary N) is 2. The number of halogens is 1. The Morgan fingerprint density at radius 1 is 1.08 bits per heavy atom. The third-order valence-electron chi connectivity index (χ3n) is 3.83. The van der Waals surface area contributed by atoms with Crippen LogP contribution in [0.4, 0.5) is 17.3 Å². The second-order valence-corrected chi connectivity index (χ2v) is 6.23. The number of nitrogens with zero attached hydrogens (tertiary/aromatic N) is 2. The summed E-state index contributed by atoms with van der Waals surface area (Å²) in [5.41, 5.74) is 3.62. The highest BCUT2D eigenvalue weighted by molar-refractivity contribution is 6.33. The van der Waals surface area contributed by atoms with Crippen LogP contribution >= 0.6 is 11.6 Å². The number of benzene rings is 2. The predicted molar refractivity (Wildman–Crippen MR) is 105 cm³/mol. The van der Waals surface area contributed by atoms with Crippen LogP contribution < -0.4 is 10.6 Å². The molecule has 2 N–H and O–H groups in total. The highest BCUT2D eigenvalue weighted by Crippen LogP contribution is 2.21. The molecule has 0 bridgehead atoms. The normalized spacial score (nSPS) is 10.4. The number of aromatic nitrogens is 2. The Morgan fingerprint density at radius 2 is 1.81 bits per heavy atom. The van der Waals surface area contributed by atoms with Gasteiger partial charge in [0.2, 0.25) is 5.95 Å². The first kappa shape index (κ1) is 17.9. The van der Waals surface area contributed by atoms with E-state index in [1.165, 1.54) is 5.56 Å². The van der Waals surface area contributed by atoms with Crippen molar-refractivity contribution < 1.29 is 4.79 Å². The SMILES string of the molecule is CCc1ccc(Nc2nc(C)cc(C(=O)Nc3ccccc3Cl)n2)cc1. The van der Waals surface area contributed by atoms with Gasteiger partial charge in [-0.3, -0.25) is 4.79 Å². The van der Waals surface area contributed by atoms with E-state index in [0.29, 0.717) is 22.4 Å². The van der Waals surface area contributed by atoms with Crippen LogP contribution in [0.5, 0.6) is 0 Å². The van der Waals surface area contributed by atoms with Crippen LogP contribution in [0.3, 0.4) is 0 Å². The first-order valence-corrected chi connectivity index (χ1v) is 8.70. The number of aryl methyl sites for hydroxylation is 2. The Labute approximate surface area is 157 Å². The predicted octanol–water partition coefficient (Wildman–Crippen LogP) is 5.00. The van der Waals surface area contributed by atoms with Gasteiger partial charge in [0.25, 0.3) is 5.91 Å². The fourth-order valence-corrected chi connectivity index (χ4v) is 2.63. The molecule has 0 unspecified atom stereocenters. The van der Waals surface area contributed by atoms with Gasteiger partial charge in [-0.1, -0.05) is 42.8 Å². The van der Waals surface area contributed by atoms with Crippen LogP contribution in [-0.4, -0.2) is 15.9 Å². The molecule has 0 spiro atoms. The van der Waals surface area contributed by atoms with Gasteiger partial charge in [-0.05, 0) is 49.2 Å². The molecule has 0 aliphatic carbocycles. The van der Waals surface area contributed by atoms with Crippen LogP contribution in [0.2, 0.25) is 5.02 Å². The molecular weight excluding hydrogens is 348 g/mol. The Balaban J connectivity index is 1.80. The van der Waals surface area contributed by atoms with Crippen LogP contribution in [0.1, 0.15) is 28.7 Å². The Kier molecular flexibility index (Phi) is 5.49. The van der Waals surface area contributed by atoms with Crippen molar-refractivity contribution in [3.05, 3.63) is 76.6 Å². The highest BCUT2D eigenvalue weighted by Gasteiger charge is 2.12. The molecule has 0 aliphatic rings. The van der Waals surface area contributed by atoms with E-state index in [2.05, 4.69) is 27.5 Å².